The smallest absolute Gasteiger partial charge is 0.457 e. The number of alkyl halides is 3. The summed E-state index contributed by atoms with van der Waals surface area (Å²) < 4.78 is 73.3. The first kappa shape index (κ1) is 27.6. The Hall–Kier alpha value is -3.97. The maximum Gasteiger partial charge on any atom is 0.573 e. The van der Waals surface area contributed by atoms with Crippen molar-refractivity contribution in [1.29, 1.82) is 0 Å². The van der Waals surface area contributed by atoms with Gasteiger partial charge in [-0.05, 0) is 55.5 Å². The number of hydroxylamine groups is 1. The van der Waals surface area contributed by atoms with Crippen LogP contribution in [-0.2, 0) is 14.8 Å². The number of amides is 1. The van der Waals surface area contributed by atoms with Crippen molar-refractivity contribution in [3.63, 3.8) is 0 Å². The second-order valence-corrected chi connectivity index (χ2v) is 9.86. The molecule has 0 aromatic heterocycles. The standard InChI is InChI=1S/C24H24F3N3O6S/c1-16-6-10-19(11-7-16)35-20-12-8-18(9-13-20)30(37(2,33)34)15-22(23(31)29-32)28-17-4-3-5-21(14-17)36-24(25,26)27/h3-14,22,28,32H,15H2,1-2H3,(H,29,31)/t22-/m0/s1. The van der Waals surface area contributed by atoms with Crippen LogP contribution >= 0.6 is 0 Å². The summed E-state index contributed by atoms with van der Waals surface area (Å²) in [5.41, 5.74) is 2.69. The topological polar surface area (TPSA) is 117 Å². The Bertz CT molecular complexity index is 1320. The Labute approximate surface area is 211 Å². The van der Waals surface area contributed by atoms with E-state index < -0.39 is 40.6 Å². The SMILES string of the molecule is Cc1ccc(Oc2ccc(N(C[C@H](Nc3cccc(OC(F)(F)F)c3)C(=O)NO)S(C)(=O)=O)cc2)cc1. The summed E-state index contributed by atoms with van der Waals surface area (Å²) in [6, 6.07) is 16.6. The number of nitrogens with one attached hydrogen (secondary N) is 2. The largest absolute Gasteiger partial charge is 0.573 e. The van der Waals surface area contributed by atoms with E-state index in [4.69, 9.17) is 4.74 Å². The zero-order valence-corrected chi connectivity index (χ0v) is 20.5. The number of hydrogen-bond acceptors (Lipinski definition) is 7. The number of carbonyl (C=O) groups excluding carboxylic acids is 1. The van der Waals surface area contributed by atoms with E-state index in [1.807, 2.05) is 19.1 Å². The number of anilines is 2. The average Bonchev–Trinajstić information content (AvgIpc) is 2.82. The van der Waals surface area contributed by atoms with E-state index >= 15 is 0 Å². The van der Waals surface area contributed by atoms with Crippen molar-refractivity contribution in [2.45, 2.75) is 19.3 Å². The molecule has 1 atom stereocenters. The van der Waals surface area contributed by atoms with Crippen LogP contribution in [-0.4, -0.2) is 44.7 Å². The van der Waals surface area contributed by atoms with Crippen molar-refractivity contribution < 1.29 is 41.1 Å². The minimum Gasteiger partial charge on any atom is -0.457 e. The average molecular weight is 540 g/mol. The summed E-state index contributed by atoms with van der Waals surface area (Å²) in [6.45, 7) is 1.43. The first-order valence-corrected chi connectivity index (χ1v) is 12.6. The highest BCUT2D eigenvalue weighted by Gasteiger charge is 2.31. The molecule has 0 fully saturated rings. The van der Waals surface area contributed by atoms with Gasteiger partial charge in [-0.25, -0.2) is 13.9 Å². The molecule has 0 unspecified atom stereocenters. The maximum absolute atomic E-state index is 12.6. The summed E-state index contributed by atoms with van der Waals surface area (Å²) >= 11 is 0. The molecule has 3 aromatic rings. The van der Waals surface area contributed by atoms with Crippen LogP contribution in [0.25, 0.3) is 0 Å². The lowest BCUT2D eigenvalue weighted by molar-refractivity contribution is -0.274. The maximum atomic E-state index is 12.6. The van der Waals surface area contributed by atoms with E-state index in [1.165, 1.54) is 29.7 Å². The second kappa shape index (κ2) is 11.4. The lowest BCUT2D eigenvalue weighted by atomic mass is 10.2. The minimum absolute atomic E-state index is 0.0191. The van der Waals surface area contributed by atoms with E-state index in [0.29, 0.717) is 11.5 Å². The quantitative estimate of drug-likeness (QED) is 0.258. The fourth-order valence-electron chi connectivity index (χ4n) is 3.28. The lowest BCUT2D eigenvalue weighted by Gasteiger charge is -2.28. The van der Waals surface area contributed by atoms with E-state index in [-0.39, 0.29) is 11.4 Å². The molecule has 198 valence electrons. The zero-order valence-electron chi connectivity index (χ0n) is 19.7. The van der Waals surface area contributed by atoms with E-state index in [0.717, 1.165) is 28.3 Å². The highest BCUT2D eigenvalue weighted by molar-refractivity contribution is 7.92. The highest BCUT2D eigenvalue weighted by Crippen LogP contribution is 2.28. The van der Waals surface area contributed by atoms with Crippen LogP contribution in [0, 0.1) is 6.92 Å². The number of nitrogens with zero attached hydrogens (tertiary/aromatic N) is 1. The number of aryl methyl sites for hydroxylation is 1. The summed E-state index contributed by atoms with van der Waals surface area (Å²) in [5.74, 6) is -0.552. The third kappa shape index (κ3) is 8.29. The molecule has 37 heavy (non-hydrogen) atoms. The Balaban J connectivity index is 1.82. The predicted molar refractivity (Wildman–Crippen MR) is 130 cm³/mol. The molecule has 1 amide bonds. The van der Waals surface area contributed by atoms with Crippen molar-refractivity contribution in [2.24, 2.45) is 0 Å². The number of sulfonamides is 1. The molecular formula is C24H24F3N3O6S. The Morgan fingerprint density at radius 3 is 2.14 bits per heavy atom. The van der Waals surface area contributed by atoms with Crippen LogP contribution in [0.3, 0.4) is 0 Å². The van der Waals surface area contributed by atoms with E-state index in [2.05, 4.69) is 10.1 Å². The van der Waals surface area contributed by atoms with Crippen LogP contribution in [0.1, 0.15) is 5.56 Å². The van der Waals surface area contributed by atoms with Gasteiger partial charge in [-0.2, -0.15) is 0 Å². The Morgan fingerprint density at radius 1 is 1.00 bits per heavy atom. The number of rotatable bonds is 10. The van der Waals surface area contributed by atoms with E-state index in [9.17, 15) is 31.6 Å². The molecule has 13 heteroatoms. The molecule has 0 heterocycles. The van der Waals surface area contributed by atoms with Crippen LogP contribution in [0.2, 0.25) is 0 Å². The summed E-state index contributed by atoms with van der Waals surface area (Å²) in [5, 5.41) is 11.8. The molecule has 0 bridgehead atoms. The van der Waals surface area contributed by atoms with Crippen LogP contribution in [0.15, 0.2) is 72.8 Å². The number of benzene rings is 3. The molecule has 0 aliphatic heterocycles. The summed E-state index contributed by atoms with van der Waals surface area (Å²) in [6.07, 6.45) is -4.00. The molecule has 0 saturated heterocycles. The van der Waals surface area contributed by atoms with Gasteiger partial charge in [0.2, 0.25) is 10.0 Å². The van der Waals surface area contributed by atoms with Gasteiger partial charge in [0.25, 0.3) is 5.91 Å². The zero-order chi connectivity index (χ0) is 27.2. The first-order chi connectivity index (χ1) is 17.3. The molecule has 0 saturated carbocycles. The van der Waals surface area contributed by atoms with Gasteiger partial charge in [0.1, 0.15) is 23.3 Å². The monoisotopic (exact) mass is 539 g/mol. The van der Waals surface area contributed by atoms with Gasteiger partial charge in [0.05, 0.1) is 18.5 Å². The third-order valence-corrected chi connectivity index (χ3v) is 6.13. The van der Waals surface area contributed by atoms with Gasteiger partial charge in [-0.1, -0.05) is 23.8 Å². The normalized spacial score (nSPS) is 12.4. The molecule has 0 aliphatic rings. The third-order valence-electron chi connectivity index (χ3n) is 4.97. The molecule has 3 aromatic carbocycles. The number of halogens is 3. The first-order valence-electron chi connectivity index (χ1n) is 10.7. The van der Waals surface area contributed by atoms with Crippen LogP contribution < -0.4 is 24.6 Å². The Kier molecular flexibility index (Phi) is 8.50. The Morgan fingerprint density at radius 2 is 1.59 bits per heavy atom. The molecule has 0 radical (unpaired) electrons. The van der Waals surface area contributed by atoms with Crippen molar-refractivity contribution in [2.75, 3.05) is 22.4 Å². The van der Waals surface area contributed by atoms with Gasteiger partial charge in [-0.3, -0.25) is 14.3 Å². The van der Waals surface area contributed by atoms with Crippen molar-refractivity contribution >= 4 is 27.3 Å². The van der Waals surface area contributed by atoms with Crippen LogP contribution in [0.5, 0.6) is 17.2 Å². The van der Waals surface area contributed by atoms with Crippen molar-refractivity contribution in [1.82, 2.24) is 5.48 Å². The molecule has 9 nitrogen and oxygen atoms in total. The fourth-order valence-corrected chi connectivity index (χ4v) is 4.20. The second-order valence-electron chi connectivity index (χ2n) is 7.95. The van der Waals surface area contributed by atoms with Gasteiger partial charge in [-0.15, -0.1) is 13.2 Å². The van der Waals surface area contributed by atoms with Gasteiger partial charge in [0, 0.05) is 11.8 Å². The predicted octanol–water partition coefficient (Wildman–Crippen LogP) is 4.44. The number of hydrogen-bond donors (Lipinski definition) is 3. The summed E-state index contributed by atoms with van der Waals surface area (Å²) in [4.78, 5) is 12.3. The molecule has 0 aliphatic carbocycles. The molecular weight excluding hydrogens is 515 g/mol. The van der Waals surface area contributed by atoms with Gasteiger partial charge in [0.15, 0.2) is 0 Å². The lowest BCUT2D eigenvalue weighted by Crippen LogP contribution is -2.48. The highest BCUT2D eigenvalue weighted by atomic mass is 32.2. The molecule has 3 N–H and O–H groups in total. The summed E-state index contributed by atoms with van der Waals surface area (Å²) in [7, 11) is -3.94. The number of carbonyl (C=O) groups is 1. The number of ether oxygens (including phenoxy) is 2. The van der Waals surface area contributed by atoms with Crippen molar-refractivity contribution in [3.8, 4) is 17.2 Å². The molecule has 0 spiro atoms. The molecule has 3 rings (SSSR count). The van der Waals surface area contributed by atoms with Crippen LogP contribution in [0.4, 0.5) is 24.5 Å². The van der Waals surface area contributed by atoms with Gasteiger partial charge < -0.3 is 14.8 Å². The van der Waals surface area contributed by atoms with E-state index in [1.54, 1.807) is 24.3 Å². The minimum atomic E-state index is -4.93. The fraction of sp³-hybridized carbons (Fsp3) is 0.208. The van der Waals surface area contributed by atoms with Crippen molar-refractivity contribution in [3.05, 3.63) is 78.4 Å². The van der Waals surface area contributed by atoms with Gasteiger partial charge >= 0.3 is 6.36 Å².